The van der Waals surface area contributed by atoms with E-state index in [4.69, 9.17) is 10.8 Å². The summed E-state index contributed by atoms with van der Waals surface area (Å²) in [5.41, 5.74) is 7.01. The lowest BCUT2D eigenvalue weighted by Crippen LogP contribution is -2.34. The first-order valence-corrected chi connectivity index (χ1v) is 5.87. The molecular weight excluding hydrogens is 222 g/mol. The summed E-state index contributed by atoms with van der Waals surface area (Å²) in [7, 11) is 0. The Hall–Kier alpha value is -1.33. The van der Waals surface area contributed by atoms with Gasteiger partial charge in [0.15, 0.2) is 5.13 Å². The second kappa shape index (κ2) is 3.92. The van der Waals surface area contributed by atoms with Gasteiger partial charge in [0.2, 0.25) is 0 Å². The first kappa shape index (κ1) is 11.2. The fraction of sp³-hybridized carbons (Fsp3) is 0.364. The van der Waals surface area contributed by atoms with E-state index in [-0.39, 0.29) is 12.1 Å². The zero-order chi connectivity index (χ0) is 11.8. The van der Waals surface area contributed by atoms with E-state index in [1.165, 1.54) is 0 Å². The Labute approximate surface area is 98.1 Å². The quantitative estimate of drug-likeness (QED) is 0.715. The molecule has 1 aromatic heterocycles. The minimum Gasteiger partial charge on any atom is -0.399 e. The van der Waals surface area contributed by atoms with Crippen LogP contribution >= 0.6 is 11.3 Å². The third-order valence-corrected chi connectivity index (χ3v) is 3.19. The van der Waals surface area contributed by atoms with Crippen LogP contribution < -0.4 is 11.1 Å². The van der Waals surface area contributed by atoms with Crippen molar-refractivity contribution in [1.29, 1.82) is 0 Å². The first-order valence-electron chi connectivity index (χ1n) is 5.05. The molecule has 0 spiro atoms. The van der Waals surface area contributed by atoms with Crippen LogP contribution in [0, 0.1) is 0 Å². The number of hydrogen-bond acceptors (Lipinski definition) is 5. The molecule has 0 aliphatic carbocycles. The minimum absolute atomic E-state index is 0.0606. The summed E-state index contributed by atoms with van der Waals surface area (Å²) < 4.78 is 1.05. The molecule has 0 bridgehead atoms. The van der Waals surface area contributed by atoms with Crippen LogP contribution in [0.2, 0.25) is 0 Å². The summed E-state index contributed by atoms with van der Waals surface area (Å²) >= 11 is 1.54. The second-order valence-corrected chi connectivity index (χ2v) is 5.44. The smallest absolute Gasteiger partial charge is 0.184 e. The fourth-order valence-corrected chi connectivity index (χ4v) is 2.42. The lowest BCUT2D eigenvalue weighted by atomic mass is 10.1. The second-order valence-electron chi connectivity index (χ2n) is 4.41. The van der Waals surface area contributed by atoms with Crippen molar-refractivity contribution in [3.05, 3.63) is 18.2 Å². The number of hydrogen-bond donors (Lipinski definition) is 3. The number of thiazole rings is 1. The predicted molar refractivity (Wildman–Crippen MR) is 68.8 cm³/mol. The van der Waals surface area contributed by atoms with Gasteiger partial charge in [0.1, 0.15) is 0 Å². The monoisotopic (exact) mass is 237 g/mol. The van der Waals surface area contributed by atoms with Crippen LogP contribution in [-0.4, -0.2) is 22.2 Å². The molecular formula is C11H15N3OS. The largest absolute Gasteiger partial charge is 0.399 e. The Balaban J connectivity index is 2.33. The average Bonchev–Trinajstić information content (AvgIpc) is 2.58. The summed E-state index contributed by atoms with van der Waals surface area (Å²) in [5, 5.41) is 13.2. The van der Waals surface area contributed by atoms with Gasteiger partial charge in [-0.25, -0.2) is 4.98 Å². The van der Waals surface area contributed by atoms with Crippen LogP contribution in [0.15, 0.2) is 18.2 Å². The highest BCUT2D eigenvalue weighted by atomic mass is 32.1. The molecule has 4 nitrogen and oxygen atoms in total. The van der Waals surface area contributed by atoms with Crippen LogP contribution in [0.1, 0.15) is 13.8 Å². The van der Waals surface area contributed by atoms with Gasteiger partial charge in [-0.1, -0.05) is 11.3 Å². The zero-order valence-corrected chi connectivity index (χ0v) is 10.1. The molecule has 0 aliphatic heterocycles. The molecule has 0 amide bonds. The molecule has 2 aromatic rings. The maximum Gasteiger partial charge on any atom is 0.184 e. The summed E-state index contributed by atoms with van der Waals surface area (Å²) in [6.45, 7) is 3.91. The van der Waals surface area contributed by atoms with Crippen molar-refractivity contribution in [3.8, 4) is 0 Å². The SMILES string of the molecule is CC(C)(CO)Nc1nc2ccc(N)cc2s1. The maximum atomic E-state index is 9.17. The van der Waals surface area contributed by atoms with Gasteiger partial charge >= 0.3 is 0 Å². The van der Waals surface area contributed by atoms with Gasteiger partial charge < -0.3 is 16.2 Å². The Morgan fingerprint density at radius 2 is 2.25 bits per heavy atom. The molecule has 0 aliphatic rings. The molecule has 1 aromatic carbocycles. The van der Waals surface area contributed by atoms with Gasteiger partial charge in [0, 0.05) is 5.69 Å². The molecule has 86 valence electrons. The van der Waals surface area contributed by atoms with E-state index < -0.39 is 0 Å². The van der Waals surface area contributed by atoms with Crippen LogP contribution in [0.3, 0.4) is 0 Å². The zero-order valence-electron chi connectivity index (χ0n) is 9.32. The van der Waals surface area contributed by atoms with E-state index in [1.54, 1.807) is 11.3 Å². The highest BCUT2D eigenvalue weighted by Gasteiger charge is 2.17. The van der Waals surface area contributed by atoms with Crippen LogP contribution in [0.25, 0.3) is 10.2 Å². The molecule has 5 heteroatoms. The summed E-state index contributed by atoms with van der Waals surface area (Å²) in [5.74, 6) is 0. The number of nitrogens with two attached hydrogens (primary N) is 1. The standard InChI is InChI=1S/C11H15N3OS/c1-11(2,6-15)14-10-13-8-4-3-7(12)5-9(8)16-10/h3-5,15H,6,12H2,1-2H3,(H,13,14). The van der Waals surface area contributed by atoms with Gasteiger partial charge in [-0.3, -0.25) is 0 Å². The van der Waals surface area contributed by atoms with Crippen molar-refractivity contribution in [2.75, 3.05) is 17.7 Å². The van der Waals surface area contributed by atoms with E-state index in [0.717, 1.165) is 21.0 Å². The van der Waals surface area contributed by atoms with Gasteiger partial charge in [-0.05, 0) is 32.0 Å². The van der Waals surface area contributed by atoms with Crippen molar-refractivity contribution in [3.63, 3.8) is 0 Å². The van der Waals surface area contributed by atoms with E-state index >= 15 is 0 Å². The van der Waals surface area contributed by atoms with Crippen LogP contribution in [0.5, 0.6) is 0 Å². The van der Waals surface area contributed by atoms with Gasteiger partial charge in [-0.2, -0.15) is 0 Å². The third-order valence-electron chi connectivity index (χ3n) is 2.25. The number of anilines is 2. The Bertz CT molecular complexity index is 507. The Morgan fingerprint density at radius 3 is 2.94 bits per heavy atom. The number of rotatable bonds is 3. The van der Waals surface area contributed by atoms with Crippen LogP contribution in [-0.2, 0) is 0 Å². The lowest BCUT2D eigenvalue weighted by molar-refractivity contribution is 0.234. The molecule has 4 N–H and O–H groups in total. The van der Waals surface area contributed by atoms with Crippen molar-refractivity contribution in [2.45, 2.75) is 19.4 Å². The van der Waals surface area contributed by atoms with E-state index in [9.17, 15) is 0 Å². The molecule has 0 unspecified atom stereocenters. The number of aliphatic hydroxyl groups is 1. The van der Waals surface area contributed by atoms with Gasteiger partial charge in [-0.15, -0.1) is 0 Å². The van der Waals surface area contributed by atoms with Gasteiger partial charge in [0.25, 0.3) is 0 Å². The van der Waals surface area contributed by atoms with Crippen LogP contribution in [0.4, 0.5) is 10.8 Å². The van der Waals surface area contributed by atoms with Crippen molar-refractivity contribution in [2.24, 2.45) is 0 Å². The molecule has 0 fully saturated rings. The molecule has 0 saturated carbocycles. The van der Waals surface area contributed by atoms with Crippen molar-refractivity contribution in [1.82, 2.24) is 4.98 Å². The lowest BCUT2D eigenvalue weighted by Gasteiger charge is -2.22. The first-order chi connectivity index (χ1) is 7.50. The Morgan fingerprint density at radius 1 is 1.50 bits per heavy atom. The van der Waals surface area contributed by atoms with E-state index in [1.807, 2.05) is 32.0 Å². The van der Waals surface area contributed by atoms with Crippen molar-refractivity contribution >= 4 is 32.4 Å². The number of nitrogen functional groups attached to an aromatic ring is 1. The number of benzene rings is 1. The number of fused-ring (bicyclic) bond motifs is 1. The normalized spacial score (nSPS) is 11.9. The fourth-order valence-electron chi connectivity index (χ4n) is 1.32. The Kier molecular flexibility index (Phi) is 2.73. The number of aliphatic hydroxyl groups excluding tert-OH is 1. The average molecular weight is 237 g/mol. The summed E-state index contributed by atoms with van der Waals surface area (Å²) in [6.07, 6.45) is 0. The predicted octanol–water partition coefficient (Wildman–Crippen LogP) is 2.06. The number of aromatic nitrogens is 1. The number of nitrogens with one attached hydrogen (secondary N) is 1. The van der Waals surface area contributed by atoms with E-state index in [2.05, 4.69) is 10.3 Å². The molecule has 0 radical (unpaired) electrons. The van der Waals surface area contributed by atoms with Gasteiger partial charge in [0.05, 0.1) is 22.4 Å². The molecule has 0 saturated heterocycles. The third kappa shape index (κ3) is 2.25. The highest BCUT2D eigenvalue weighted by Crippen LogP contribution is 2.29. The summed E-state index contributed by atoms with van der Waals surface area (Å²) in [6, 6.07) is 5.64. The minimum atomic E-state index is -0.362. The topological polar surface area (TPSA) is 71.2 Å². The highest BCUT2D eigenvalue weighted by molar-refractivity contribution is 7.22. The molecule has 16 heavy (non-hydrogen) atoms. The van der Waals surface area contributed by atoms with E-state index in [0.29, 0.717) is 0 Å². The van der Waals surface area contributed by atoms with Crippen molar-refractivity contribution < 1.29 is 5.11 Å². The summed E-state index contributed by atoms with van der Waals surface area (Å²) in [4.78, 5) is 4.43. The maximum absolute atomic E-state index is 9.17. The molecule has 2 rings (SSSR count). The molecule has 0 atom stereocenters. The molecule has 1 heterocycles. The number of nitrogens with zero attached hydrogens (tertiary/aromatic N) is 1.